The van der Waals surface area contributed by atoms with Crippen molar-refractivity contribution in [2.24, 2.45) is 5.92 Å². The lowest BCUT2D eigenvalue weighted by molar-refractivity contribution is -0.0202. The summed E-state index contributed by atoms with van der Waals surface area (Å²) in [6.07, 6.45) is 3.89. The van der Waals surface area contributed by atoms with Crippen molar-refractivity contribution >= 4 is 14.5 Å². The number of hydrogen-bond acceptors (Lipinski definition) is 3. The maximum Gasteiger partial charge on any atom is 0.137 e. The van der Waals surface area contributed by atoms with Gasteiger partial charge in [-0.3, -0.25) is 0 Å². The van der Waals surface area contributed by atoms with E-state index in [2.05, 4.69) is 26.2 Å². The monoisotopic (exact) mass is 293 g/mol. The molecule has 0 radical (unpaired) electrons. The van der Waals surface area contributed by atoms with Crippen molar-refractivity contribution < 1.29 is 9.13 Å². The first kappa shape index (κ1) is 13.7. The van der Waals surface area contributed by atoms with Crippen LogP contribution in [0.15, 0.2) is 30.9 Å². The van der Waals surface area contributed by atoms with Crippen LogP contribution in [0.25, 0.3) is 0 Å². The number of rotatable bonds is 3. The molecular formula is C14H17FN3OP. The lowest BCUT2D eigenvalue weighted by Crippen LogP contribution is -2.32. The molecule has 4 nitrogen and oxygen atoms in total. The first-order chi connectivity index (χ1) is 9.59. The number of ether oxygens (including phenoxy) is 1. The van der Waals surface area contributed by atoms with E-state index in [-0.39, 0.29) is 5.82 Å². The van der Waals surface area contributed by atoms with Crippen LogP contribution >= 0.6 is 9.24 Å². The number of nitrogens with zero attached hydrogens (tertiary/aromatic N) is 3. The highest BCUT2D eigenvalue weighted by atomic mass is 31.0. The smallest absolute Gasteiger partial charge is 0.137 e. The van der Waals surface area contributed by atoms with Gasteiger partial charge in [0.25, 0.3) is 0 Å². The standard InChI is InChI=1S/C14H17FN3OP/c1-10-5-14(19-6-10,7-18-9-16-8-17-18)12-3-2-11(20)4-13(12)15/h2-4,8-10H,5-7,20H2,1H3/t10-,14+/m1/s1. The quantitative estimate of drug-likeness (QED) is 0.811. The second kappa shape index (κ2) is 5.23. The maximum absolute atomic E-state index is 14.4. The molecule has 1 fully saturated rings. The molecule has 3 rings (SSSR count). The molecule has 1 aromatic carbocycles. The molecule has 0 bridgehead atoms. The van der Waals surface area contributed by atoms with Gasteiger partial charge in [0.2, 0.25) is 0 Å². The Hall–Kier alpha value is -1.32. The van der Waals surface area contributed by atoms with Gasteiger partial charge in [-0.15, -0.1) is 9.24 Å². The fourth-order valence-electron chi connectivity index (χ4n) is 2.84. The Morgan fingerprint density at radius 2 is 2.40 bits per heavy atom. The first-order valence-corrected chi connectivity index (χ1v) is 7.19. The molecule has 0 aliphatic carbocycles. The lowest BCUT2D eigenvalue weighted by Gasteiger charge is -2.29. The maximum atomic E-state index is 14.4. The Kier molecular flexibility index (Phi) is 3.57. The van der Waals surface area contributed by atoms with Gasteiger partial charge in [0.1, 0.15) is 24.1 Å². The molecule has 106 valence electrons. The Morgan fingerprint density at radius 1 is 1.55 bits per heavy atom. The highest BCUT2D eigenvalue weighted by Gasteiger charge is 2.42. The molecule has 6 heteroatoms. The van der Waals surface area contributed by atoms with E-state index < -0.39 is 5.60 Å². The van der Waals surface area contributed by atoms with Crippen molar-refractivity contribution in [2.75, 3.05) is 6.61 Å². The van der Waals surface area contributed by atoms with E-state index in [9.17, 15) is 4.39 Å². The van der Waals surface area contributed by atoms with E-state index in [1.807, 2.05) is 12.1 Å². The molecule has 1 aliphatic rings. The van der Waals surface area contributed by atoms with E-state index >= 15 is 0 Å². The third-order valence-electron chi connectivity index (χ3n) is 3.69. The lowest BCUT2D eigenvalue weighted by atomic mass is 9.87. The van der Waals surface area contributed by atoms with E-state index in [1.54, 1.807) is 11.0 Å². The zero-order chi connectivity index (χ0) is 14.2. The molecule has 2 heterocycles. The Morgan fingerprint density at radius 3 is 3.00 bits per heavy atom. The molecule has 1 aliphatic heterocycles. The minimum absolute atomic E-state index is 0.230. The van der Waals surface area contributed by atoms with E-state index in [4.69, 9.17) is 4.74 Å². The summed E-state index contributed by atoms with van der Waals surface area (Å²) < 4.78 is 22.1. The van der Waals surface area contributed by atoms with Crippen molar-refractivity contribution in [1.82, 2.24) is 14.8 Å². The van der Waals surface area contributed by atoms with Gasteiger partial charge in [0.15, 0.2) is 0 Å². The van der Waals surface area contributed by atoms with Gasteiger partial charge in [-0.2, -0.15) is 5.10 Å². The summed E-state index contributed by atoms with van der Waals surface area (Å²) in [6.45, 7) is 3.23. The van der Waals surface area contributed by atoms with Gasteiger partial charge in [-0.05, 0) is 23.7 Å². The van der Waals surface area contributed by atoms with Gasteiger partial charge < -0.3 is 4.74 Å². The van der Waals surface area contributed by atoms with Crippen LogP contribution in [-0.4, -0.2) is 21.4 Å². The molecular weight excluding hydrogens is 276 g/mol. The summed E-state index contributed by atoms with van der Waals surface area (Å²) in [4.78, 5) is 3.94. The van der Waals surface area contributed by atoms with Crippen LogP contribution < -0.4 is 5.30 Å². The molecule has 1 aromatic heterocycles. The van der Waals surface area contributed by atoms with Crippen molar-refractivity contribution in [2.45, 2.75) is 25.5 Å². The second-order valence-corrected chi connectivity index (χ2v) is 6.11. The van der Waals surface area contributed by atoms with Crippen LogP contribution in [0.5, 0.6) is 0 Å². The van der Waals surface area contributed by atoms with E-state index in [1.165, 1.54) is 12.4 Å². The summed E-state index contributed by atoms with van der Waals surface area (Å²) in [5, 5.41) is 4.95. The van der Waals surface area contributed by atoms with Crippen LogP contribution in [-0.2, 0) is 16.9 Å². The Bertz CT molecular complexity index is 604. The van der Waals surface area contributed by atoms with Crippen molar-refractivity contribution in [1.29, 1.82) is 0 Å². The molecule has 3 atom stereocenters. The van der Waals surface area contributed by atoms with Crippen LogP contribution in [0.4, 0.5) is 4.39 Å². The highest BCUT2D eigenvalue weighted by Crippen LogP contribution is 2.41. The van der Waals surface area contributed by atoms with Gasteiger partial charge in [0.05, 0.1) is 13.2 Å². The molecule has 1 unspecified atom stereocenters. The topological polar surface area (TPSA) is 39.9 Å². The third-order valence-corrected chi connectivity index (χ3v) is 4.05. The van der Waals surface area contributed by atoms with Crippen molar-refractivity contribution in [3.63, 3.8) is 0 Å². The molecule has 0 N–H and O–H groups in total. The fourth-order valence-corrected chi connectivity index (χ4v) is 3.09. The summed E-state index contributed by atoms with van der Waals surface area (Å²) in [6, 6.07) is 5.22. The fraction of sp³-hybridized carbons (Fsp3) is 0.429. The first-order valence-electron chi connectivity index (χ1n) is 6.61. The minimum atomic E-state index is -0.657. The van der Waals surface area contributed by atoms with Crippen LogP contribution in [0, 0.1) is 11.7 Å². The largest absolute Gasteiger partial charge is 0.368 e. The summed E-state index contributed by atoms with van der Waals surface area (Å²) in [5.41, 5.74) is -0.0567. The highest BCUT2D eigenvalue weighted by molar-refractivity contribution is 7.27. The predicted molar refractivity (Wildman–Crippen MR) is 77.2 cm³/mol. The van der Waals surface area contributed by atoms with E-state index in [0.29, 0.717) is 24.6 Å². The zero-order valence-electron chi connectivity index (χ0n) is 11.3. The molecule has 2 aromatic rings. The molecule has 1 saturated heterocycles. The summed E-state index contributed by atoms with van der Waals surface area (Å²) in [5.74, 6) is 0.167. The zero-order valence-corrected chi connectivity index (χ0v) is 12.4. The van der Waals surface area contributed by atoms with Crippen LogP contribution in [0.3, 0.4) is 0 Å². The van der Waals surface area contributed by atoms with Crippen LogP contribution in [0.2, 0.25) is 0 Å². The SMILES string of the molecule is C[C@H]1CO[C@@](Cn2cncn2)(c2ccc(P)cc2F)C1. The third kappa shape index (κ3) is 2.48. The average Bonchev–Trinajstić information content (AvgIpc) is 3.00. The minimum Gasteiger partial charge on any atom is -0.368 e. The second-order valence-electron chi connectivity index (χ2n) is 5.45. The summed E-state index contributed by atoms with van der Waals surface area (Å²) in [7, 11) is 2.51. The average molecular weight is 293 g/mol. The predicted octanol–water partition coefficient (Wildman–Crippen LogP) is 1.87. The Balaban J connectivity index is 2.01. The molecule has 0 spiro atoms. The number of benzene rings is 1. The van der Waals surface area contributed by atoms with Crippen molar-refractivity contribution in [3.8, 4) is 0 Å². The van der Waals surface area contributed by atoms with Gasteiger partial charge >= 0.3 is 0 Å². The van der Waals surface area contributed by atoms with E-state index in [0.717, 1.165) is 11.7 Å². The number of aromatic nitrogens is 3. The molecule has 0 amide bonds. The Labute approximate surface area is 119 Å². The van der Waals surface area contributed by atoms with Crippen molar-refractivity contribution in [3.05, 3.63) is 42.2 Å². The molecule has 0 saturated carbocycles. The number of halogens is 1. The van der Waals surface area contributed by atoms with Gasteiger partial charge in [-0.1, -0.05) is 19.1 Å². The summed E-state index contributed by atoms with van der Waals surface area (Å²) >= 11 is 0. The van der Waals surface area contributed by atoms with Crippen LogP contribution in [0.1, 0.15) is 18.9 Å². The number of hydrogen-bond donors (Lipinski definition) is 0. The van der Waals surface area contributed by atoms with Gasteiger partial charge in [-0.25, -0.2) is 14.1 Å². The molecule has 20 heavy (non-hydrogen) atoms. The van der Waals surface area contributed by atoms with Gasteiger partial charge in [0, 0.05) is 5.56 Å². The normalized spacial score (nSPS) is 26.1.